The summed E-state index contributed by atoms with van der Waals surface area (Å²) in [4.78, 5) is 56.6. The Morgan fingerprint density at radius 1 is 1.30 bits per heavy atom. The van der Waals surface area contributed by atoms with Gasteiger partial charge >= 0.3 is 13.4 Å². The molecule has 1 amide bonds. The number of fused-ring (bicyclic) bond motifs is 1. The van der Waals surface area contributed by atoms with Crippen molar-refractivity contribution in [2.45, 2.75) is 82.3 Å². The average molecular weight is 615 g/mol. The maximum atomic E-state index is 13.4. The van der Waals surface area contributed by atoms with Gasteiger partial charge in [-0.15, -0.1) is 0 Å². The lowest BCUT2D eigenvalue weighted by Crippen LogP contribution is -2.48. The molecule has 1 unspecified atom stereocenters. The van der Waals surface area contributed by atoms with Crippen molar-refractivity contribution < 1.29 is 23.5 Å². The van der Waals surface area contributed by atoms with E-state index in [2.05, 4.69) is 30.4 Å². The summed E-state index contributed by atoms with van der Waals surface area (Å²) in [6, 6.07) is 5.64. The number of ether oxygens (including phenoxy) is 1. The third-order valence-electron chi connectivity index (χ3n) is 7.96. The number of nitrogens with zero attached hydrogens (tertiary/aromatic N) is 4. The lowest BCUT2D eigenvalue weighted by Gasteiger charge is -2.27. The molecule has 0 radical (unpaired) electrons. The largest absolute Gasteiger partial charge is 0.403 e. The number of H-pyrrole nitrogens is 2. The summed E-state index contributed by atoms with van der Waals surface area (Å²) in [5, 5.41) is 10.2. The zero-order chi connectivity index (χ0) is 30.6. The Balaban J connectivity index is 1.30. The van der Waals surface area contributed by atoms with Gasteiger partial charge in [0.1, 0.15) is 12.3 Å². The van der Waals surface area contributed by atoms with Gasteiger partial charge in [0.25, 0.3) is 5.56 Å². The van der Waals surface area contributed by atoms with Gasteiger partial charge in [0.05, 0.1) is 18.8 Å². The van der Waals surface area contributed by atoms with Crippen molar-refractivity contribution in [2.75, 3.05) is 6.61 Å². The number of aromatic nitrogens is 3. The molecule has 16 heteroatoms. The fourth-order valence-electron chi connectivity index (χ4n) is 5.70. The molecule has 1 aliphatic carbocycles. The molecule has 3 aromatic rings. The van der Waals surface area contributed by atoms with Gasteiger partial charge in [-0.1, -0.05) is 42.6 Å². The third-order valence-corrected chi connectivity index (χ3v) is 9.10. The summed E-state index contributed by atoms with van der Waals surface area (Å²) in [5.41, 5.74) is 9.76. The summed E-state index contributed by atoms with van der Waals surface area (Å²) in [6.07, 6.45) is 6.22. The Labute approximate surface area is 246 Å². The first kappa shape index (κ1) is 30.7. The van der Waals surface area contributed by atoms with E-state index in [1.807, 2.05) is 24.3 Å². The number of aromatic amines is 2. The van der Waals surface area contributed by atoms with Crippen molar-refractivity contribution in [1.29, 1.82) is 0 Å². The molecule has 1 saturated carbocycles. The van der Waals surface area contributed by atoms with Crippen molar-refractivity contribution in [2.24, 2.45) is 5.11 Å². The van der Waals surface area contributed by atoms with Crippen molar-refractivity contribution in [3.63, 3.8) is 0 Å². The first-order valence-corrected chi connectivity index (χ1v) is 15.8. The molecule has 1 aliphatic heterocycles. The van der Waals surface area contributed by atoms with Gasteiger partial charge in [-0.25, -0.2) is 14.4 Å². The monoisotopic (exact) mass is 614 g/mol. The minimum absolute atomic E-state index is 0.0130. The van der Waals surface area contributed by atoms with Crippen LogP contribution in [0.15, 0.2) is 51.4 Å². The van der Waals surface area contributed by atoms with E-state index in [0.717, 1.165) is 48.6 Å². The van der Waals surface area contributed by atoms with Crippen LogP contribution in [0.25, 0.3) is 21.3 Å². The summed E-state index contributed by atoms with van der Waals surface area (Å²) in [7, 11) is -4.60. The molecule has 2 fully saturated rings. The van der Waals surface area contributed by atoms with Gasteiger partial charge in [-0.2, -0.15) is 0 Å². The molecular formula is C27H35N8O7P. The van der Waals surface area contributed by atoms with E-state index in [4.69, 9.17) is 14.8 Å². The number of carbonyl (C=O) groups is 1. The van der Waals surface area contributed by atoms with Gasteiger partial charge in [0, 0.05) is 46.2 Å². The fourth-order valence-corrected chi connectivity index (χ4v) is 6.72. The highest BCUT2D eigenvalue weighted by Gasteiger charge is 2.39. The minimum atomic E-state index is -4.60. The Bertz CT molecular complexity index is 1670. The summed E-state index contributed by atoms with van der Waals surface area (Å²) >= 11 is 0. The Kier molecular flexibility index (Phi) is 9.50. The zero-order valence-corrected chi connectivity index (χ0v) is 24.5. The van der Waals surface area contributed by atoms with Crippen molar-refractivity contribution in [3.8, 4) is 0 Å². The molecule has 5 atom stereocenters. The highest BCUT2D eigenvalue weighted by atomic mass is 31.2. The van der Waals surface area contributed by atoms with Crippen LogP contribution in [0.2, 0.25) is 0 Å². The minimum Gasteiger partial charge on any atom is -0.361 e. The van der Waals surface area contributed by atoms with Crippen LogP contribution in [0.5, 0.6) is 0 Å². The normalized spacial score (nSPS) is 23.0. The molecule has 15 nitrogen and oxygen atoms in total. The molecule has 3 heterocycles. The van der Waals surface area contributed by atoms with Gasteiger partial charge in [0.15, 0.2) is 0 Å². The number of benzene rings is 1. The van der Waals surface area contributed by atoms with Gasteiger partial charge in [0.2, 0.25) is 5.91 Å². The molecular weight excluding hydrogens is 579 g/mol. The second-order valence-corrected chi connectivity index (χ2v) is 12.6. The van der Waals surface area contributed by atoms with Crippen molar-refractivity contribution in [1.82, 2.24) is 24.9 Å². The van der Waals surface area contributed by atoms with Gasteiger partial charge in [-0.3, -0.25) is 23.7 Å². The van der Waals surface area contributed by atoms with Crippen LogP contribution < -0.4 is 21.7 Å². The number of carbonyl (C=O) groups excluding carboxylic acids is 1. The molecule has 0 bridgehead atoms. The lowest BCUT2D eigenvalue weighted by atomic mass is 9.95. The van der Waals surface area contributed by atoms with Crippen molar-refractivity contribution >= 4 is 24.6 Å². The van der Waals surface area contributed by atoms with Crippen LogP contribution in [0.3, 0.4) is 0 Å². The van der Waals surface area contributed by atoms with Crippen LogP contribution >= 0.6 is 7.75 Å². The highest BCUT2D eigenvalue weighted by molar-refractivity contribution is 7.50. The van der Waals surface area contributed by atoms with Gasteiger partial charge in [-0.05, 0) is 43.3 Å². The van der Waals surface area contributed by atoms with Crippen LogP contribution in [-0.2, 0) is 25.0 Å². The van der Waals surface area contributed by atoms with E-state index in [0.29, 0.717) is 0 Å². The van der Waals surface area contributed by atoms with Crippen molar-refractivity contribution in [3.05, 3.63) is 79.1 Å². The van der Waals surface area contributed by atoms with E-state index >= 15 is 0 Å². The molecule has 1 saturated heterocycles. The van der Waals surface area contributed by atoms with E-state index in [-0.39, 0.29) is 24.4 Å². The number of aryl methyl sites for hydroxylation is 1. The number of amides is 1. The van der Waals surface area contributed by atoms with Crippen LogP contribution in [0.1, 0.15) is 55.9 Å². The smallest absolute Gasteiger partial charge is 0.361 e. The molecule has 1 aromatic carbocycles. The SMILES string of the molecule is Cc1cn([C@H]2C[C@H](N=[N+]=[N-])[C@@H](COP(=O)(O)N[C@@H](Cc3c[nH]c4ccccc34)C(=O)NC3CCCCC3)O2)c(=O)[nH]c1=O. The van der Waals surface area contributed by atoms with Crippen LogP contribution in [0, 0.1) is 6.92 Å². The predicted octanol–water partition coefficient (Wildman–Crippen LogP) is 3.06. The van der Waals surface area contributed by atoms with E-state index in [9.17, 15) is 23.8 Å². The predicted molar refractivity (Wildman–Crippen MR) is 157 cm³/mol. The molecule has 5 N–H and O–H groups in total. The fraction of sp³-hybridized carbons (Fsp3) is 0.519. The first-order chi connectivity index (χ1) is 20.6. The Morgan fingerprint density at radius 3 is 2.84 bits per heavy atom. The molecule has 0 spiro atoms. The third kappa shape index (κ3) is 7.45. The number of hydrogen-bond donors (Lipinski definition) is 5. The van der Waals surface area contributed by atoms with Gasteiger partial charge < -0.3 is 19.9 Å². The summed E-state index contributed by atoms with van der Waals surface area (Å²) in [5.74, 6) is -0.410. The molecule has 2 aromatic heterocycles. The lowest BCUT2D eigenvalue weighted by molar-refractivity contribution is -0.123. The Morgan fingerprint density at radius 2 is 2.07 bits per heavy atom. The first-order valence-electron chi connectivity index (χ1n) is 14.3. The van der Waals surface area contributed by atoms with Crippen LogP contribution in [0.4, 0.5) is 0 Å². The maximum Gasteiger partial charge on any atom is 0.403 e. The Hall–Kier alpha value is -3.71. The number of azide groups is 1. The molecule has 2 aliphatic rings. The second-order valence-electron chi connectivity index (χ2n) is 11.0. The average Bonchev–Trinajstić information content (AvgIpc) is 3.58. The molecule has 230 valence electrons. The van der Waals surface area contributed by atoms with E-state index in [1.54, 1.807) is 6.20 Å². The van der Waals surface area contributed by atoms with E-state index in [1.165, 1.54) is 17.7 Å². The highest BCUT2D eigenvalue weighted by Crippen LogP contribution is 2.40. The standard InChI is InChI=1S/C27H35N8O7P/c1-16-14-35(27(38)31-25(16)36)24-12-21(32-34-28)23(42-24)15-41-43(39,40)33-22(26(37)30-18-7-3-2-4-8-18)11-17-13-29-20-10-6-5-9-19(17)20/h5-6,9-10,13-14,18,21-24,29H,2-4,7-8,11-12,15H2,1H3,(H,30,37)(H,31,36,38)(H2,33,39,40)/t21-,22-,23+,24+/m0/s1. The number of para-hydroxylation sites is 1. The molecule has 43 heavy (non-hydrogen) atoms. The second kappa shape index (κ2) is 13.3. The number of nitrogens with one attached hydrogen (secondary N) is 4. The molecule has 5 rings (SSSR count). The summed E-state index contributed by atoms with van der Waals surface area (Å²) < 4.78 is 25.7. The van der Waals surface area contributed by atoms with E-state index < -0.39 is 55.9 Å². The summed E-state index contributed by atoms with van der Waals surface area (Å²) in [6.45, 7) is 1.06. The maximum absolute atomic E-state index is 13.4. The quantitative estimate of drug-likeness (QED) is 0.0933. The number of rotatable bonds is 11. The topological polar surface area (TPSA) is 216 Å². The van der Waals surface area contributed by atoms with Crippen LogP contribution in [-0.4, -0.2) is 56.2 Å². The number of hydrogen-bond acceptors (Lipinski definition) is 7. The zero-order valence-electron chi connectivity index (χ0n) is 23.6.